The second-order valence-electron chi connectivity index (χ2n) is 4.88. The van der Waals surface area contributed by atoms with Crippen molar-refractivity contribution in [2.45, 2.75) is 43.9 Å². The van der Waals surface area contributed by atoms with Crippen molar-refractivity contribution in [3.8, 4) is 0 Å². The van der Waals surface area contributed by atoms with Gasteiger partial charge in [0.1, 0.15) is 4.88 Å². The first-order valence-corrected chi connectivity index (χ1v) is 8.72. The molecule has 1 amide bonds. The third-order valence-corrected chi connectivity index (χ3v) is 5.71. The minimum atomic E-state index is -0.980. The summed E-state index contributed by atoms with van der Waals surface area (Å²) in [5.74, 6) is -0.0149. The molecule has 0 aromatic carbocycles. The number of hydrogen-bond donors (Lipinski definition) is 2. The molecule has 1 heterocycles. The van der Waals surface area contributed by atoms with E-state index in [-0.39, 0.29) is 16.8 Å². The van der Waals surface area contributed by atoms with Crippen LogP contribution in [0.2, 0.25) is 0 Å². The van der Waals surface area contributed by atoms with Gasteiger partial charge in [0, 0.05) is 11.3 Å². The summed E-state index contributed by atoms with van der Waals surface area (Å²) >= 11 is 2.99. The molecule has 2 rings (SSSR count). The number of nitrogens with one attached hydrogen (secondary N) is 1. The molecule has 20 heavy (non-hydrogen) atoms. The highest BCUT2D eigenvalue weighted by Crippen LogP contribution is 2.28. The zero-order chi connectivity index (χ0) is 14.5. The molecule has 6 heteroatoms. The van der Waals surface area contributed by atoms with Crippen molar-refractivity contribution in [3.05, 3.63) is 21.9 Å². The van der Waals surface area contributed by atoms with Crippen LogP contribution < -0.4 is 5.32 Å². The number of carbonyl (C=O) groups excluding carboxylic acids is 1. The Bertz CT molecular complexity index is 485. The van der Waals surface area contributed by atoms with Crippen molar-refractivity contribution in [2.75, 3.05) is 5.75 Å². The predicted octanol–water partition coefficient (Wildman–Crippen LogP) is 3.24. The van der Waals surface area contributed by atoms with Gasteiger partial charge in [-0.2, -0.15) is 11.8 Å². The molecule has 1 aliphatic rings. The van der Waals surface area contributed by atoms with E-state index in [1.54, 1.807) is 6.07 Å². The summed E-state index contributed by atoms with van der Waals surface area (Å²) < 4.78 is 0. The number of thioether (sulfide) groups is 1. The van der Waals surface area contributed by atoms with Gasteiger partial charge < -0.3 is 10.4 Å². The molecular formula is C14H19NO3S2. The lowest BCUT2D eigenvalue weighted by molar-refractivity contribution is 0.0702. The Morgan fingerprint density at radius 3 is 2.80 bits per heavy atom. The SMILES string of the molecule is CCSC1CCCC(NC(=O)c2ccc(C(=O)O)s2)C1. The fourth-order valence-corrected chi connectivity index (χ4v) is 4.42. The molecule has 1 aromatic rings. The van der Waals surface area contributed by atoms with Crippen LogP contribution in [-0.4, -0.2) is 34.0 Å². The molecule has 2 atom stereocenters. The maximum Gasteiger partial charge on any atom is 0.345 e. The van der Waals surface area contributed by atoms with E-state index in [0.717, 1.165) is 36.4 Å². The molecule has 1 aromatic heterocycles. The Hall–Kier alpha value is -1.01. The van der Waals surface area contributed by atoms with Gasteiger partial charge in [-0.1, -0.05) is 13.3 Å². The maximum absolute atomic E-state index is 12.1. The van der Waals surface area contributed by atoms with Crippen molar-refractivity contribution < 1.29 is 14.7 Å². The summed E-state index contributed by atoms with van der Waals surface area (Å²) in [6.45, 7) is 2.16. The average Bonchev–Trinajstić information content (AvgIpc) is 2.89. The second-order valence-corrected chi connectivity index (χ2v) is 7.54. The molecule has 0 aliphatic heterocycles. The highest BCUT2D eigenvalue weighted by atomic mass is 32.2. The van der Waals surface area contributed by atoms with E-state index in [1.165, 1.54) is 12.5 Å². The molecule has 1 aliphatic carbocycles. The normalized spacial score (nSPS) is 22.4. The standard InChI is InChI=1S/C14H19NO3S2/c1-2-19-10-5-3-4-9(8-10)15-13(16)11-6-7-12(20-11)14(17)18/h6-7,9-10H,2-5,8H2,1H3,(H,15,16)(H,17,18). The van der Waals surface area contributed by atoms with Gasteiger partial charge in [-0.25, -0.2) is 4.79 Å². The van der Waals surface area contributed by atoms with Crippen LogP contribution in [0.4, 0.5) is 0 Å². The van der Waals surface area contributed by atoms with Crippen LogP contribution in [0, 0.1) is 0 Å². The lowest BCUT2D eigenvalue weighted by atomic mass is 9.95. The predicted molar refractivity (Wildman–Crippen MR) is 82.9 cm³/mol. The lowest BCUT2D eigenvalue weighted by Crippen LogP contribution is -2.38. The summed E-state index contributed by atoms with van der Waals surface area (Å²) in [5.41, 5.74) is 0. The van der Waals surface area contributed by atoms with Crippen LogP contribution >= 0.6 is 23.1 Å². The van der Waals surface area contributed by atoms with E-state index in [9.17, 15) is 9.59 Å². The van der Waals surface area contributed by atoms with Gasteiger partial charge in [0.2, 0.25) is 0 Å². The number of carbonyl (C=O) groups is 2. The third kappa shape index (κ3) is 3.99. The quantitative estimate of drug-likeness (QED) is 0.876. The van der Waals surface area contributed by atoms with Crippen LogP contribution in [0.5, 0.6) is 0 Å². The van der Waals surface area contributed by atoms with E-state index >= 15 is 0 Å². The zero-order valence-corrected chi connectivity index (χ0v) is 13.1. The molecule has 2 N–H and O–H groups in total. The summed E-state index contributed by atoms with van der Waals surface area (Å²) in [7, 11) is 0. The number of carboxylic acid groups (broad SMARTS) is 1. The van der Waals surface area contributed by atoms with Crippen LogP contribution in [0.25, 0.3) is 0 Å². The topological polar surface area (TPSA) is 66.4 Å². The van der Waals surface area contributed by atoms with Crippen molar-refractivity contribution in [3.63, 3.8) is 0 Å². The first-order valence-electron chi connectivity index (χ1n) is 6.85. The number of rotatable bonds is 5. The highest BCUT2D eigenvalue weighted by molar-refractivity contribution is 7.99. The van der Waals surface area contributed by atoms with Gasteiger partial charge in [-0.15, -0.1) is 11.3 Å². The number of hydrogen-bond acceptors (Lipinski definition) is 4. The summed E-state index contributed by atoms with van der Waals surface area (Å²) in [5, 5.41) is 12.5. The van der Waals surface area contributed by atoms with E-state index in [4.69, 9.17) is 5.11 Å². The van der Waals surface area contributed by atoms with Crippen LogP contribution in [-0.2, 0) is 0 Å². The van der Waals surface area contributed by atoms with E-state index in [0.29, 0.717) is 10.1 Å². The summed E-state index contributed by atoms with van der Waals surface area (Å²) in [4.78, 5) is 23.6. The van der Waals surface area contributed by atoms with Crippen molar-refractivity contribution in [2.24, 2.45) is 0 Å². The Morgan fingerprint density at radius 2 is 2.15 bits per heavy atom. The number of amides is 1. The molecule has 110 valence electrons. The Labute approximate surface area is 127 Å². The van der Waals surface area contributed by atoms with Crippen molar-refractivity contribution in [1.82, 2.24) is 5.32 Å². The van der Waals surface area contributed by atoms with Gasteiger partial charge in [-0.3, -0.25) is 4.79 Å². The molecule has 4 nitrogen and oxygen atoms in total. The van der Waals surface area contributed by atoms with Gasteiger partial charge in [-0.05, 0) is 37.1 Å². The monoisotopic (exact) mass is 313 g/mol. The maximum atomic E-state index is 12.1. The molecule has 2 unspecified atom stereocenters. The van der Waals surface area contributed by atoms with Gasteiger partial charge >= 0.3 is 5.97 Å². The number of carboxylic acids is 1. The lowest BCUT2D eigenvalue weighted by Gasteiger charge is -2.29. The smallest absolute Gasteiger partial charge is 0.345 e. The fourth-order valence-electron chi connectivity index (χ4n) is 2.49. The third-order valence-electron chi connectivity index (χ3n) is 3.40. The minimum Gasteiger partial charge on any atom is -0.477 e. The molecule has 0 saturated heterocycles. The molecular weight excluding hydrogens is 294 g/mol. The second kappa shape index (κ2) is 7.13. The zero-order valence-electron chi connectivity index (χ0n) is 11.4. The molecule has 1 fully saturated rings. The largest absolute Gasteiger partial charge is 0.477 e. The van der Waals surface area contributed by atoms with Crippen LogP contribution in [0.1, 0.15) is 52.0 Å². The van der Waals surface area contributed by atoms with Gasteiger partial charge in [0.15, 0.2) is 0 Å². The summed E-state index contributed by atoms with van der Waals surface area (Å²) in [6, 6.07) is 3.29. The first-order chi connectivity index (χ1) is 9.60. The average molecular weight is 313 g/mol. The Morgan fingerprint density at radius 1 is 1.40 bits per heavy atom. The summed E-state index contributed by atoms with van der Waals surface area (Å²) in [6.07, 6.45) is 4.41. The van der Waals surface area contributed by atoms with Crippen molar-refractivity contribution >= 4 is 35.0 Å². The Balaban J connectivity index is 1.91. The minimum absolute atomic E-state index is 0.144. The Kier molecular flexibility index (Phi) is 5.48. The molecule has 1 saturated carbocycles. The highest BCUT2D eigenvalue weighted by Gasteiger charge is 2.24. The van der Waals surface area contributed by atoms with E-state index in [1.807, 2.05) is 11.8 Å². The van der Waals surface area contributed by atoms with Gasteiger partial charge in [0.25, 0.3) is 5.91 Å². The molecule has 0 radical (unpaired) electrons. The number of aromatic carboxylic acids is 1. The first kappa shape index (κ1) is 15.4. The van der Waals surface area contributed by atoms with Crippen LogP contribution in [0.15, 0.2) is 12.1 Å². The molecule has 0 spiro atoms. The van der Waals surface area contributed by atoms with E-state index < -0.39 is 5.97 Å². The fraction of sp³-hybridized carbons (Fsp3) is 0.571. The van der Waals surface area contributed by atoms with Crippen molar-refractivity contribution in [1.29, 1.82) is 0 Å². The number of thiophene rings is 1. The van der Waals surface area contributed by atoms with E-state index in [2.05, 4.69) is 12.2 Å². The van der Waals surface area contributed by atoms with Crippen LogP contribution in [0.3, 0.4) is 0 Å². The molecule has 0 bridgehead atoms. The van der Waals surface area contributed by atoms with Gasteiger partial charge in [0.05, 0.1) is 4.88 Å².